The zero-order valence-electron chi connectivity index (χ0n) is 7.86. The quantitative estimate of drug-likeness (QED) is 0.718. The second-order valence-electron chi connectivity index (χ2n) is 2.73. The van der Waals surface area contributed by atoms with Gasteiger partial charge in [-0.15, -0.1) is 0 Å². The first-order chi connectivity index (χ1) is 6.27. The third kappa shape index (κ3) is 2.72. The van der Waals surface area contributed by atoms with E-state index in [-0.39, 0.29) is 12.0 Å². The van der Waals surface area contributed by atoms with Gasteiger partial charge in [-0.3, -0.25) is 0 Å². The Hall–Kier alpha value is -1.06. The molecular weight excluding hydrogens is 168 g/mol. The van der Waals surface area contributed by atoms with Gasteiger partial charge < -0.3 is 14.6 Å². The summed E-state index contributed by atoms with van der Waals surface area (Å²) < 4.78 is 10.1. The van der Waals surface area contributed by atoms with Gasteiger partial charge in [-0.2, -0.15) is 0 Å². The molecule has 1 aromatic carbocycles. The fourth-order valence-corrected chi connectivity index (χ4v) is 1.13. The summed E-state index contributed by atoms with van der Waals surface area (Å²) >= 11 is 0. The summed E-state index contributed by atoms with van der Waals surface area (Å²) in [6.07, 6.45) is 0.257. The van der Waals surface area contributed by atoms with E-state index in [1.807, 2.05) is 12.1 Å². The highest BCUT2D eigenvalue weighted by Gasteiger charge is 2.08. The van der Waals surface area contributed by atoms with Gasteiger partial charge in [-0.05, 0) is 11.6 Å². The molecule has 1 rings (SSSR count). The Morgan fingerprint density at radius 2 is 1.85 bits per heavy atom. The van der Waals surface area contributed by atoms with Gasteiger partial charge in [0.2, 0.25) is 0 Å². The van der Waals surface area contributed by atoms with E-state index < -0.39 is 0 Å². The number of rotatable bonds is 4. The molecule has 1 N–H and O–H groups in total. The van der Waals surface area contributed by atoms with Gasteiger partial charge >= 0.3 is 0 Å². The number of hydrogen-bond acceptors (Lipinski definition) is 3. The Morgan fingerprint density at radius 1 is 1.23 bits per heavy atom. The SMILES string of the molecule is COC(Cc1ccccc1O)OC. The number of para-hydroxylation sites is 1. The van der Waals surface area contributed by atoms with Crippen LogP contribution in [0.5, 0.6) is 5.75 Å². The number of phenols is 1. The molecule has 0 aliphatic heterocycles. The average Bonchev–Trinajstić information content (AvgIpc) is 2.17. The number of ether oxygens (including phenoxy) is 2. The molecular formula is C10H14O3. The standard InChI is InChI=1S/C10H14O3/c1-12-10(13-2)7-8-5-3-4-6-9(8)11/h3-6,10-11H,7H2,1-2H3. The summed E-state index contributed by atoms with van der Waals surface area (Å²) in [5, 5.41) is 9.44. The number of phenolic OH excluding ortho intramolecular Hbond substituents is 1. The van der Waals surface area contributed by atoms with E-state index in [0.29, 0.717) is 6.42 Å². The molecule has 0 radical (unpaired) electrons. The van der Waals surface area contributed by atoms with Crippen molar-refractivity contribution in [2.75, 3.05) is 14.2 Å². The summed E-state index contributed by atoms with van der Waals surface area (Å²) in [5.74, 6) is 0.279. The molecule has 0 bridgehead atoms. The summed E-state index contributed by atoms with van der Waals surface area (Å²) in [7, 11) is 3.16. The van der Waals surface area contributed by atoms with Crippen LogP contribution in [0, 0.1) is 0 Å². The van der Waals surface area contributed by atoms with E-state index in [9.17, 15) is 5.11 Å². The molecule has 1 aromatic rings. The molecule has 0 atom stereocenters. The second-order valence-corrected chi connectivity index (χ2v) is 2.73. The van der Waals surface area contributed by atoms with Crippen LogP contribution >= 0.6 is 0 Å². The van der Waals surface area contributed by atoms with Crippen LogP contribution in [0.4, 0.5) is 0 Å². The highest BCUT2D eigenvalue weighted by atomic mass is 16.7. The third-order valence-electron chi connectivity index (χ3n) is 1.90. The smallest absolute Gasteiger partial charge is 0.160 e. The minimum absolute atomic E-state index is 0.279. The summed E-state index contributed by atoms with van der Waals surface area (Å²) in [6, 6.07) is 7.16. The van der Waals surface area contributed by atoms with Crippen molar-refractivity contribution in [2.24, 2.45) is 0 Å². The van der Waals surface area contributed by atoms with Crippen molar-refractivity contribution >= 4 is 0 Å². The minimum atomic E-state index is -0.298. The van der Waals surface area contributed by atoms with Crippen LogP contribution < -0.4 is 0 Å². The Bertz CT molecular complexity index is 256. The molecule has 13 heavy (non-hydrogen) atoms. The van der Waals surface area contributed by atoms with Crippen LogP contribution in [0.25, 0.3) is 0 Å². The summed E-state index contributed by atoms with van der Waals surface area (Å²) in [4.78, 5) is 0. The van der Waals surface area contributed by atoms with Crippen molar-refractivity contribution in [1.82, 2.24) is 0 Å². The first-order valence-corrected chi connectivity index (χ1v) is 4.10. The van der Waals surface area contributed by atoms with Crippen LogP contribution in [0.3, 0.4) is 0 Å². The maximum Gasteiger partial charge on any atom is 0.160 e. The van der Waals surface area contributed by atoms with Crippen LogP contribution in [0.2, 0.25) is 0 Å². The molecule has 0 saturated heterocycles. The summed E-state index contributed by atoms with van der Waals surface area (Å²) in [5.41, 5.74) is 0.830. The van der Waals surface area contributed by atoms with Gasteiger partial charge in [-0.25, -0.2) is 0 Å². The van der Waals surface area contributed by atoms with E-state index in [0.717, 1.165) is 5.56 Å². The molecule has 0 spiro atoms. The maximum absolute atomic E-state index is 9.44. The highest BCUT2D eigenvalue weighted by molar-refractivity contribution is 5.31. The largest absolute Gasteiger partial charge is 0.508 e. The molecule has 0 fully saturated rings. The molecule has 0 aromatic heterocycles. The number of aromatic hydroxyl groups is 1. The van der Waals surface area contributed by atoms with Gasteiger partial charge in [0.05, 0.1) is 0 Å². The van der Waals surface area contributed by atoms with Crippen LogP contribution in [0.1, 0.15) is 5.56 Å². The molecule has 3 nitrogen and oxygen atoms in total. The van der Waals surface area contributed by atoms with E-state index in [2.05, 4.69) is 0 Å². The lowest BCUT2D eigenvalue weighted by molar-refractivity contribution is -0.100. The highest BCUT2D eigenvalue weighted by Crippen LogP contribution is 2.18. The fourth-order valence-electron chi connectivity index (χ4n) is 1.13. The molecule has 0 heterocycles. The zero-order valence-corrected chi connectivity index (χ0v) is 7.86. The Kier molecular flexibility index (Phi) is 3.73. The third-order valence-corrected chi connectivity index (χ3v) is 1.90. The Balaban J connectivity index is 2.67. The van der Waals surface area contributed by atoms with Crippen LogP contribution in [-0.4, -0.2) is 25.6 Å². The lowest BCUT2D eigenvalue weighted by Crippen LogP contribution is -2.15. The first kappa shape index (κ1) is 10.0. The van der Waals surface area contributed by atoms with Gasteiger partial charge in [0.15, 0.2) is 6.29 Å². The maximum atomic E-state index is 9.44. The zero-order chi connectivity index (χ0) is 9.68. The summed E-state index contributed by atoms with van der Waals surface area (Å²) in [6.45, 7) is 0. The topological polar surface area (TPSA) is 38.7 Å². The normalized spacial score (nSPS) is 10.7. The van der Waals surface area contributed by atoms with Gasteiger partial charge in [-0.1, -0.05) is 18.2 Å². The molecule has 0 unspecified atom stereocenters. The van der Waals surface area contributed by atoms with E-state index >= 15 is 0 Å². The van der Waals surface area contributed by atoms with Crippen LogP contribution in [-0.2, 0) is 15.9 Å². The minimum Gasteiger partial charge on any atom is -0.508 e. The molecule has 3 heteroatoms. The fraction of sp³-hybridized carbons (Fsp3) is 0.400. The number of hydrogen-bond donors (Lipinski definition) is 1. The van der Waals surface area contributed by atoms with Crippen molar-refractivity contribution in [3.63, 3.8) is 0 Å². The second kappa shape index (κ2) is 4.84. The van der Waals surface area contributed by atoms with Crippen molar-refractivity contribution in [1.29, 1.82) is 0 Å². The number of methoxy groups -OCH3 is 2. The Labute approximate surface area is 77.9 Å². The van der Waals surface area contributed by atoms with Crippen LogP contribution in [0.15, 0.2) is 24.3 Å². The van der Waals surface area contributed by atoms with Gasteiger partial charge in [0.25, 0.3) is 0 Å². The predicted molar refractivity (Wildman–Crippen MR) is 49.6 cm³/mol. The lowest BCUT2D eigenvalue weighted by atomic mass is 10.1. The Morgan fingerprint density at radius 3 is 2.38 bits per heavy atom. The van der Waals surface area contributed by atoms with E-state index in [1.54, 1.807) is 26.4 Å². The molecule has 0 saturated carbocycles. The monoisotopic (exact) mass is 182 g/mol. The molecule has 0 aliphatic rings. The molecule has 72 valence electrons. The molecule has 0 aliphatic carbocycles. The number of benzene rings is 1. The van der Waals surface area contributed by atoms with Gasteiger partial charge in [0.1, 0.15) is 5.75 Å². The average molecular weight is 182 g/mol. The van der Waals surface area contributed by atoms with Crippen molar-refractivity contribution in [3.05, 3.63) is 29.8 Å². The van der Waals surface area contributed by atoms with E-state index in [1.165, 1.54) is 0 Å². The van der Waals surface area contributed by atoms with Crippen molar-refractivity contribution in [2.45, 2.75) is 12.7 Å². The predicted octanol–water partition coefficient (Wildman–Crippen LogP) is 1.55. The molecule has 0 amide bonds. The van der Waals surface area contributed by atoms with Gasteiger partial charge in [0, 0.05) is 20.6 Å². The van der Waals surface area contributed by atoms with Crippen molar-refractivity contribution < 1.29 is 14.6 Å². The van der Waals surface area contributed by atoms with Crippen molar-refractivity contribution in [3.8, 4) is 5.75 Å². The first-order valence-electron chi connectivity index (χ1n) is 4.10. The lowest BCUT2D eigenvalue weighted by Gasteiger charge is -2.13. The van der Waals surface area contributed by atoms with E-state index in [4.69, 9.17) is 9.47 Å².